The van der Waals surface area contributed by atoms with Crippen LogP contribution >= 0.6 is 50.9 Å². The predicted octanol–water partition coefficient (Wildman–Crippen LogP) is 6.16. The lowest BCUT2D eigenvalue weighted by Gasteiger charge is -2.16. The fraction of sp³-hybridized carbons (Fsp3) is 0.250. The van der Waals surface area contributed by atoms with Crippen LogP contribution in [0.3, 0.4) is 0 Å². The van der Waals surface area contributed by atoms with E-state index in [1.54, 1.807) is 6.07 Å². The highest BCUT2D eigenvalue weighted by molar-refractivity contribution is 9.08. The average molecular weight is 404 g/mol. The summed E-state index contributed by atoms with van der Waals surface area (Å²) in [6, 6.07) is 12.1. The summed E-state index contributed by atoms with van der Waals surface area (Å²) in [4.78, 5) is 1.36. The molecule has 5 heteroatoms. The van der Waals surface area contributed by atoms with Gasteiger partial charge in [-0.3, -0.25) is 0 Å². The van der Waals surface area contributed by atoms with Crippen molar-refractivity contribution in [3.8, 4) is 5.75 Å². The van der Waals surface area contributed by atoms with Crippen LogP contribution in [0.15, 0.2) is 41.3 Å². The third-order valence-electron chi connectivity index (χ3n) is 3.46. The second kappa shape index (κ2) is 6.82. The number of benzene rings is 2. The SMILES string of the molecule is Clc1cc(Cl)c(OCC2CSc3ccccc32)c(CBr)c1. The van der Waals surface area contributed by atoms with Gasteiger partial charge in [0.2, 0.25) is 0 Å². The molecule has 0 N–H and O–H groups in total. The van der Waals surface area contributed by atoms with Crippen LogP contribution in [-0.4, -0.2) is 12.4 Å². The maximum atomic E-state index is 6.26. The van der Waals surface area contributed by atoms with Gasteiger partial charge >= 0.3 is 0 Å². The molecule has 0 aromatic heterocycles. The van der Waals surface area contributed by atoms with Crippen LogP contribution in [0.1, 0.15) is 17.0 Å². The van der Waals surface area contributed by atoms with Crippen molar-refractivity contribution in [3.63, 3.8) is 0 Å². The zero-order valence-corrected chi connectivity index (χ0v) is 15.0. The lowest BCUT2D eigenvalue weighted by atomic mass is 10.0. The highest BCUT2D eigenvalue weighted by Gasteiger charge is 2.24. The molecule has 110 valence electrons. The van der Waals surface area contributed by atoms with E-state index in [1.807, 2.05) is 17.8 Å². The van der Waals surface area contributed by atoms with Gasteiger partial charge in [0.05, 0.1) is 11.6 Å². The first-order chi connectivity index (χ1) is 10.2. The molecular weight excluding hydrogens is 391 g/mol. The van der Waals surface area contributed by atoms with Crippen LogP contribution in [0.25, 0.3) is 0 Å². The highest BCUT2D eigenvalue weighted by Crippen LogP contribution is 2.40. The second-order valence-corrected chi connectivity index (χ2v) is 7.33. The average Bonchev–Trinajstić information content (AvgIpc) is 2.89. The van der Waals surface area contributed by atoms with Crippen LogP contribution in [0.2, 0.25) is 10.0 Å². The van der Waals surface area contributed by atoms with E-state index in [4.69, 9.17) is 27.9 Å². The Kier molecular flexibility index (Phi) is 5.05. The van der Waals surface area contributed by atoms with Gasteiger partial charge in [-0.2, -0.15) is 0 Å². The van der Waals surface area contributed by atoms with Crippen molar-refractivity contribution in [1.82, 2.24) is 0 Å². The first-order valence-corrected chi connectivity index (χ1v) is 9.43. The third-order valence-corrected chi connectivity index (χ3v) is 5.81. The largest absolute Gasteiger partial charge is 0.491 e. The van der Waals surface area contributed by atoms with Gasteiger partial charge in [0, 0.05) is 32.5 Å². The Balaban J connectivity index is 1.78. The van der Waals surface area contributed by atoms with Crippen LogP contribution in [0.5, 0.6) is 5.75 Å². The first-order valence-electron chi connectivity index (χ1n) is 6.57. The summed E-state index contributed by atoms with van der Waals surface area (Å²) in [7, 11) is 0. The molecule has 1 aliphatic heterocycles. The molecule has 0 saturated heterocycles. The Morgan fingerprint density at radius 3 is 2.86 bits per heavy atom. The van der Waals surface area contributed by atoms with Gasteiger partial charge in [-0.15, -0.1) is 11.8 Å². The molecule has 0 saturated carbocycles. The van der Waals surface area contributed by atoms with Gasteiger partial charge in [0.25, 0.3) is 0 Å². The van der Waals surface area contributed by atoms with Crippen LogP contribution in [0.4, 0.5) is 0 Å². The summed E-state index contributed by atoms with van der Waals surface area (Å²) in [5.74, 6) is 2.18. The molecular formula is C16H13BrCl2OS. The molecule has 1 aliphatic rings. The van der Waals surface area contributed by atoms with E-state index in [-0.39, 0.29) is 0 Å². The molecule has 21 heavy (non-hydrogen) atoms. The van der Waals surface area contributed by atoms with Crippen molar-refractivity contribution in [2.45, 2.75) is 16.1 Å². The van der Waals surface area contributed by atoms with Crippen molar-refractivity contribution in [1.29, 1.82) is 0 Å². The summed E-state index contributed by atoms with van der Waals surface area (Å²) < 4.78 is 6.02. The summed E-state index contributed by atoms with van der Waals surface area (Å²) in [6.45, 7) is 0.630. The van der Waals surface area contributed by atoms with Crippen molar-refractivity contribution < 1.29 is 4.74 Å². The number of thioether (sulfide) groups is 1. The quantitative estimate of drug-likeness (QED) is 0.565. The standard InChI is InChI=1S/C16H13BrCl2OS/c17-7-10-5-12(18)6-14(19)16(10)20-8-11-9-21-15-4-2-1-3-13(11)15/h1-6,11H,7-9H2. The Bertz CT molecular complexity index is 663. The molecule has 2 aromatic rings. The topological polar surface area (TPSA) is 9.23 Å². The molecule has 0 bridgehead atoms. The minimum absolute atomic E-state index is 0.404. The molecule has 1 atom stereocenters. The first kappa shape index (κ1) is 15.5. The molecule has 0 radical (unpaired) electrons. The number of alkyl halides is 1. The summed E-state index contributed by atoms with van der Waals surface area (Å²) >= 11 is 17.6. The van der Waals surface area contributed by atoms with Gasteiger partial charge in [-0.25, -0.2) is 0 Å². The Hall–Kier alpha value is -0.350. The number of hydrogen-bond acceptors (Lipinski definition) is 2. The zero-order valence-electron chi connectivity index (χ0n) is 11.1. The maximum Gasteiger partial charge on any atom is 0.142 e. The molecule has 0 spiro atoms. The number of rotatable bonds is 4. The maximum absolute atomic E-state index is 6.26. The van der Waals surface area contributed by atoms with Crippen LogP contribution in [-0.2, 0) is 5.33 Å². The second-order valence-electron chi connectivity index (χ2n) is 4.87. The van der Waals surface area contributed by atoms with E-state index in [1.165, 1.54) is 10.5 Å². The lowest BCUT2D eigenvalue weighted by Crippen LogP contribution is -2.11. The predicted molar refractivity (Wildman–Crippen MR) is 94.5 cm³/mol. The highest BCUT2D eigenvalue weighted by atomic mass is 79.9. The Morgan fingerprint density at radius 1 is 1.24 bits per heavy atom. The zero-order chi connectivity index (χ0) is 14.8. The monoisotopic (exact) mass is 402 g/mol. The summed E-state index contributed by atoms with van der Waals surface area (Å²) in [5.41, 5.74) is 2.35. The van der Waals surface area contributed by atoms with E-state index in [9.17, 15) is 0 Å². The van der Waals surface area contributed by atoms with Crippen molar-refractivity contribution in [2.24, 2.45) is 0 Å². The molecule has 0 amide bonds. The van der Waals surface area contributed by atoms with Gasteiger partial charge in [0.15, 0.2) is 0 Å². The van der Waals surface area contributed by atoms with Gasteiger partial charge in [0.1, 0.15) is 5.75 Å². The number of halogens is 3. The van der Waals surface area contributed by atoms with Crippen molar-refractivity contribution >= 4 is 50.9 Å². The Morgan fingerprint density at radius 2 is 2.05 bits per heavy atom. The van der Waals surface area contributed by atoms with E-state index < -0.39 is 0 Å². The van der Waals surface area contributed by atoms with E-state index in [2.05, 4.69) is 40.2 Å². The smallest absolute Gasteiger partial charge is 0.142 e. The van der Waals surface area contributed by atoms with E-state index in [0.717, 1.165) is 17.1 Å². The normalized spacial score (nSPS) is 16.8. The minimum Gasteiger partial charge on any atom is -0.491 e. The van der Waals surface area contributed by atoms with Gasteiger partial charge in [-0.1, -0.05) is 57.3 Å². The number of fused-ring (bicyclic) bond motifs is 1. The molecule has 1 nitrogen and oxygen atoms in total. The van der Waals surface area contributed by atoms with Gasteiger partial charge in [-0.05, 0) is 23.8 Å². The van der Waals surface area contributed by atoms with Crippen LogP contribution < -0.4 is 4.74 Å². The summed E-state index contributed by atoms with van der Waals surface area (Å²) in [6.07, 6.45) is 0. The Labute approximate surface area is 147 Å². The third kappa shape index (κ3) is 3.37. The fourth-order valence-electron chi connectivity index (χ4n) is 2.43. The molecule has 2 aromatic carbocycles. The van der Waals surface area contributed by atoms with Gasteiger partial charge < -0.3 is 4.74 Å². The minimum atomic E-state index is 0.404. The fourth-order valence-corrected chi connectivity index (χ4v) is 4.67. The van der Waals surface area contributed by atoms with E-state index in [0.29, 0.717) is 27.9 Å². The number of ether oxygens (including phenoxy) is 1. The van der Waals surface area contributed by atoms with Crippen molar-refractivity contribution in [3.05, 3.63) is 57.6 Å². The molecule has 1 unspecified atom stereocenters. The van der Waals surface area contributed by atoms with Crippen molar-refractivity contribution in [2.75, 3.05) is 12.4 Å². The molecule has 0 aliphatic carbocycles. The van der Waals surface area contributed by atoms with E-state index >= 15 is 0 Å². The number of hydrogen-bond donors (Lipinski definition) is 0. The molecule has 3 rings (SSSR count). The lowest BCUT2D eigenvalue weighted by molar-refractivity contribution is 0.296. The van der Waals surface area contributed by atoms with Crippen LogP contribution in [0, 0.1) is 0 Å². The molecule has 1 heterocycles. The molecule has 0 fully saturated rings. The summed E-state index contributed by atoms with van der Waals surface area (Å²) in [5, 5.41) is 1.86.